The second-order valence-corrected chi connectivity index (χ2v) is 4.88. The Kier molecular flexibility index (Phi) is 4.13. The van der Waals surface area contributed by atoms with Crippen molar-refractivity contribution in [3.63, 3.8) is 0 Å². The summed E-state index contributed by atoms with van der Waals surface area (Å²) in [5, 5.41) is 0. The summed E-state index contributed by atoms with van der Waals surface area (Å²) in [4.78, 5) is 11.3. The Morgan fingerprint density at radius 3 is 1.95 bits per heavy atom. The monoisotopic (exact) mass is 282 g/mol. The number of hydrogen-bond donors (Lipinski definition) is 0. The van der Waals surface area contributed by atoms with E-state index < -0.39 is 0 Å². The minimum Gasteiger partial charge on any atom is -0.290 e. The minimum absolute atomic E-state index is 0.00665. The normalized spacial score (nSPS) is 12.7. The van der Waals surface area contributed by atoms with Crippen molar-refractivity contribution >= 4 is 11.4 Å². The predicted octanol–water partition coefficient (Wildman–Crippen LogP) is 4.19. The second-order valence-electron chi connectivity index (χ2n) is 4.88. The van der Waals surface area contributed by atoms with Crippen LogP contribution in [0.1, 0.15) is 11.1 Å². The van der Waals surface area contributed by atoms with Crippen molar-refractivity contribution < 1.29 is 4.79 Å². The quantitative estimate of drug-likeness (QED) is 0.717. The van der Waals surface area contributed by atoms with E-state index in [2.05, 4.69) is 11.8 Å². The van der Waals surface area contributed by atoms with Crippen LogP contribution in [0.3, 0.4) is 0 Å². The molecule has 0 spiro atoms. The molecule has 0 amide bonds. The van der Waals surface area contributed by atoms with Crippen LogP contribution in [0, 0.1) is 11.8 Å². The van der Waals surface area contributed by atoms with Crippen LogP contribution in [-0.4, -0.2) is 5.78 Å². The maximum Gasteiger partial charge on any atom is 0.178 e. The van der Waals surface area contributed by atoms with E-state index in [-0.39, 0.29) is 5.78 Å². The van der Waals surface area contributed by atoms with Gasteiger partial charge in [0.25, 0.3) is 0 Å². The molecule has 0 saturated carbocycles. The molecule has 0 N–H and O–H groups in total. The lowest BCUT2D eigenvalue weighted by Crippen LogP contribution is -1.94. The van der Waals surface area contributed by atoms with E-state index in [0.717, 1.165) is 22.3 Å². The molecule has 2 aromatic carbocycles. The third kappa shape index (κ3) is 3.31. The smallest absolute Gasteiger partial charge is 0.178 e. The third-order valence-electron chi connectivity index (χ3n) is 3.31. The molecule has 0 aromatic heterocycles. The summed E-state index contributed by atoms with van der Waals surface area (Å²) >= 11 is 0. The van der Waals surface area contributed by atoms with Crippen molar-refractivity contribution in [1.82, 2.24) is 0 Å². The van der Waals surface area contributed by atoms with Gasteiger partial charge in [-0.15, -0.1) is 0 Å². The molecule has 0 atom stereocenters. The zero-order valence-corrected chi connectivity index (χ0v) is 12.0. The maximum atomic E-state index is 11.3. The van der Waals surface area contributed by atoms with Crippen molar-refractivity contribution in [3.8, 4) is 11.8 Å². The Labute approximate surface area is 130 Å². The molecule has 22 heavy (non-hydrogen) atoms. The lowest BCUT2D eigenvalue weighted by atomic mass is 9.96. The van der Waals surface area contributed by atoms with Crippen LogP contribution in [-0.2, 0) is 4.79 Å². The number of carbonyl (C=O) groups is 1. The van der Waals surface area contributed by atoms with Gasteiger partial charge in [-0.05, 0) is 47.6 Å². The topological polar surface area (TPSA) is 17.1 Å². The molecule has 0 heterocycles. The summed E-state index contributed by atoms with van der Waals surface area (Å²) in [5.41, 5.74) is 3.89. The van der Waals surface area contributed by atoms with Gasteiger partial charge in [0.05, 0.1) is 0 Å². The highest BCUT2D eigenvalue weighted by Crippen LogP contribution is 2.22. The van der Waals surface area contributed by atoms with Crippen LogP contribution >= 0.6 is 0 Å². The van der Waals surface area contributed by atoms with Crippen LogP contribution < -0.4 is 0 Å². The van der Waals surface area contributed by atoms with Gasteiger partial charge in [0.1, 0.15) is 0 Å². The number of benzene rings is 2. The molecule has 0 aliphatic heterocycles. The first-order valence-electron chi connectivity index (χ1n) is 7.10. The first-order chi connectivity index (χ1) is 10.8. The molecule has 1 aliphatic rings. The van der Waals surface area contributed by atoms with Gasteiger partial charge < -0.3 is 0 Å². The summed E-state index contributed by atoms with van der Waals surface area (Å²) in [6.45, 7) is 0. The SMILES string of the molecule is O=C1C=CC(=C(C#Cc2ccccc2)c2ccccc2)C=C1. The van der Waals surface area contributed by atoms with Crippen molar-refractivity contribution in [2.24, 2.45) is 0 Å². The van der Waals surface area contributed by atoms with E-state index in [4.69, 9.17) is 0 Å². The minimum atomic E-state index is 0.00665. The second kappa shape index (κ2) is 6.56. The Morgan fingerprint density at radius 1 is 0.727 bits per heavy atom. The van der Waals surface area contributed by atoms with Gasteiger partial charge in [-0.25, -0.2) is 0 Å². The summed E-state index contributed by atoms with van der Waals surface area (Å²) in [6.07, 6.45) is 6.79. The van der Waals surface area contributed by atoms with Crippen molar-refractivity contribution in [2.75, 3.05) is 0 Å². The van der Waals surface area contributed by atoms with E-state index in [9.17, 15) is 4.79 Å². The van der Waals surface area contributed by atoms with Crippen LogP contribution in [0.4, 0.5) is 0 Å². The molecule has 0 fully saturated rings. The average Bonchev–Trinajstić information content (AvgIpc) is 2.58. The van der Waals surface area contributed by atoms with Crippen LogP contribution in [0.5, 0.6) is 0 Å². The molecule has 0 radical (unpaired) electrons. The van der Waals surface area contributed by atoms with Gasteiger partial charge in [-0.2, -0.15) is 0 Å². The van der Waals surface area contributed by atoms with E-state index in [1.807, 2.05) is 72.8 Å². The van der Waals surface area contributed by atoms with Gasteiger partial charge in [0.2, 0.25) is 0 Å². The number of allylic oxidation sites excluding steroid dienone is 6. The number of hydrogen-bond acceptors (Lipinski definition) is 1. The summed E-state index contributed by atoms with van der Waals surface area (Å²) in [6, 6.07) is 19.9. The molecular weight excluding hydrogens is 268 g/mol. The van der Waals surface area contributed by atoms with E-state index in [1.54, 1.807) is 12.2 Å². The fraction of sp³-hybridized carbons (Fsp3) is 0. The molecule has 0 bridgehead atoms. The van der Waals surface area contributed by atoms with Crippen molar-refractivity contribution in [1.29, 1.82) is 0 Å². The molecule has 3 rings (SSSR count). The van der Waals surface area contributed by atoms with Crippen molar-refractivity contribution in [2.45, 2.75) is 0 Å². The Balaban J connectivity index is 2.08. The zero-order chi connectivity index (χ0) is 15.2. The molecular formula is C21H14O. The fourth-order valence-electron chi connectivity index (χ4n) is 2.19. The van der Waals surface area contributed by atoms with E-state index in [0.29, 0.717) is 0 Å². The van der Waals surface area contributed by atoms with E-state index in [1.165, 1.54) is 0 Å². The molecule has 1 heteroatoms. The highest BCUT2D eigenvalue weighted by atomic mass is 16.1. The van der Waals surface area contributed by atoms with Crippen molar-refractivity contribution in [3.05, 3.63) is 102 Å². The zero-order valence-electron chi connectivity index (χ0n) is 12.0. The van der Waals surface area contributed by atoms with Crippen LogP contribution in [0.2, 0.25) is 0 Å². The maximum absolute atomic E-state index is 11.3. The van der Waals surface area contributed by atoms with E-state index >= 15 is 0 Å². The van der Waals surface area contributed by atoms with Gasteiger partial charge in [-0.1, -0.05) is 60.4 Å². The first kappa shape index (κ1) is 13.9. The molecule has 1 nitrogen and oxygen atoms in total. The summed E-state index contributed by atoms with van der Waals surface area (Å²) in [5.74, 6) is 6.45. The Hall–Kier alpha value is -3.11. The highest BCUT2D eigenvalue weighted by Gasteiger charge is 2.06. The number of rotatable bonds is 1. The van der Waals surface area contributed by atoms with Gasteiger partial charge in [0.15, 0.2) is 5.78 Å². The van der Waals surface area contributed by atoms with Gasteiger partial charge in [-0.3, -0.25) is 4.79 Å². The Morgan fingerprint density at radius 2 is 1.32 bits per heavy atom. The molecule has 0 unspecified atom stereocenters. The predicted molar refractivity (Wildman–Crippen MR) is 90.0 cm³/mol. The van der Waals surface area contributed by atoms with Gasteiger partial charge in [0, 0.05) is 11.1 Å². The third-order valence-corrected chi connectivity index (χ3v) is 3.31. The largest absolute Gasteiger partial charge is 0.290 e. The summed E-state index contributed by atoms with van der Waals surface area (Å²) in [7, 11) is 0. The molecule has 1 aliphatic carbocycles. The van der Waals surface area contributed by atoms with Gasteiger partial charge >= 0.3 is 0 Å². The molecule has 2 aromatic rings. The summed E-state index contributed by atoms with van der Waals surface area (Å²) < 4.78 is 0. The molecule has 0 saturated heterocycles. The number of ketones is 1. The average molecular weight is 282 g/mol. The van der Waals surface area contributed by atoms with Crippen LogP contribution in [0.25, 0.3) is 5.57 Å². The fourth-order valence-corrected chi connectivity index (χ4v) is 2.19. The molecule has 104 valence electrons. The first-order valence-corrected chi connectivity index (χ1v) is 7.10. The highest BCUT2D eigenvalue weighted by molar-refractivity contribution is 6.03. The number of carbonyl (C=O) groups excluding carboxylic acids is 1. The van der Waals surface area contributed by atoms with Crippen LogP contribution in [0.15, 0.2) is 90.5 Å². The standard InChI is InChI=1S/C21H14O/c22-20-14-12-19(13-15-20)21(18-9-5-2-6-10-18)16-11-17-7-3-1-4-8-17/h1-10,12-15H. The lowest BCUT2D eigenvalue weighted by molar-refractivity contribution is -0.110. The lowest BCUT2D eigenvalue weighted by Gasteiger charge is -2.06. The Bertz CT molecular complexity index is 808.